The van der Waals surface area contributed by atoms with Crippen molar-refractivity contribution in [3.63, 3.8) is 0 Å². The van der Waals surface area contributed by atoms with Gasteiger partial charge in [-0.3, -0.25) is 9.59 Å². The van der Waals surface area contributed by atoms with Gasteiger partial charge < -0.3 is 9.80 Å². The summed E-state index contributed by atoms with van der Waals surface area (Å²) in [6.07, 6.45) is 41.0. The quantitative estimate of drug-likeness (QED) is 0.0368. The first-order valence-electron chi connectivity index (χ1n) is 32.0. The number of benzene rings is 4. The Kier molecular flexibility index (Phi) is 25.4. The average molecular weight is 1060 g/mol. The number of unbranched alkanes of at least 4 members (excludes halogenated alkanes) is 24. The molecule has 2 aliphatic rings. The van der Waals surface area contributed by atoms with Gasteiger partial charge >= 0.3 is 0 Å². The van der Waals surface area contributed by atoms with Crippen molar-refractivity contribution in [2.75, 3.05) is 22.9 Å². The second kappa shape index (κ2) is 32.6. The lowest BCUT2D eigenvalue weighted by atomic mass is 9.92. The highest BCUT2D eigenvalue weighted by Gasteiger charge is 2.37. The molecule has 0 spiro atoms. The third-order valence-corrected chi connectivity index (χ3v) is 18.5. The Morgan fingerprint density at radius 1 is 0.364 bits per heavy atom. The molecule has 1 aromatic heterocycles. The molecule has 0 radical (unpaired) electrons. The van der Waals surface area contributed by atoms with Crippen LogP contribution in [0.3, 0.4) is 0 Å². The predicted octanol–water partition coefficient (Wildman–Crippen LogP) is 20.1. The highest BCUT2D eigenvalue weighted by molar-refractivity contribution is 7.15. The number of thiophene rings is 1. The Morgan fingerprint density at radius 2 is 0.688 bits per heavy atom. The minimum Gasteiger partial charge on any atom is -0.307 e. The van der Waals surface area contributed by atoms with Crippen molar-refractivity contribution in [1.82, 2.24) is 0 Å². The maximum absolute atomic E-state index is 15.6. The lowest BCUT2D eigenvalue weighted by Gasteiger charge is -2.28. The minimum atomic E-state index is 0.126. The number of aryl methyl sites for hydroxylation is 2. The summed E-state index contributed by atoms with van der Waals surface area (Å²) in [5, 5.41) is 4.26. The Hall–Kier alpha value is -4.48. The van der Waals surface area contributed by atoms with Gasteiger partial charge in [0.05, 0.1) is 22.5 Å². The minimum absolute atomic E-state index is 0.126. The second-order valence-electron chi connectivity index (χ2n) is 23.8. The summed E-state index contributed by atoms with van der Waals surface area (Å²) in [5.74, 6) is 1.11. The zero-order valence-corrected chi connectivity index (χ0v) is 50.2. The first kappa shape index (κ1) is 60.2. The Labute approximate surface area is 472 Å². The normalized spacial score (nSPS) is 14.2. The molecular formula is C72H102N2O2S. The van der Waals surface area contributed by atoms with E-state index in [2.05, 4.69) is 136 Å². The van der Waals surface area contributed by atoms with Crippen molar-refractivity contribution >= 4 is 56.4 Å². The molecule has 7 rings (SSSR count). The third kappa shape index (κ3) is 17.0. The number of amides is 2. The molecule has 2 atom stereocenters. The van der Waals surface area contributed by atoms with Crippen LogP contribution in [0.15, 0.2) is 84.9 Å². The summed E-state index contributed by atoms with van der Waals surface area (Å²) in [5.41, 5.74) is 8.09. The lowest BCUT2D eigenvalue weighted by Crippen LogP contribution is -2.34. The van der Waals surface area contributed by atoms with Gasteiger partial charge in [-0.1, -0.05) is 286 Å². The third-order valence-electron chi connectivity index (χ3n) is 17.4. The van der Waals surface area contributed by atoms with E-state index in [9.17, 15) is 0 Å². The lowest BCUT2D eigenvalue weighted by molar-refractivity contribution is -0.114. The van der Waals surface area contributed by atoms with Crippen LogP contribution < -0.4 is 20.2 Å². The highest BCUT2D eigenvalue weighted by Crippen LogP contribution is 2.40. The standard InChI is InChI=1S/C72H102N2O2S/c1-7-11-15-19-23-25-29-33-37-57(35-31-27-21-17-13-9-3)53-73-69-62-49-51-65-68(61-46-44-59(45-47-61)66-52-41-56(6)77-66)72(76)74(54-58(36-32-28-22-18-14-10-4)38-34-30-26-24-20-16-12-8-2)70(65)63(62)48-50-64(69)67(71(73)75)60-42-39-55(5)40-43-60/h39-52,57-58H,7-38,53-54H2,1-6H3. The first-order chi connectivity index (χ1) is 37.8. The van der Waals surface area contributed by atoms with Crippen LogP contribution >= 0.6 is 11.3 Å². The largest absolute Gasteiger partial charge is 0.307 e. The molecule has 5 heteroatoms. The van der Waals surface area contributed by atoms with E-state index >= 15 is 9.59 Å². The molecule has 2 unspecified atom stereocenters. The Morgan fingerprint density at radius 3 is 1.03 bits per heavy atom. The summed E-state index contributed by atoms with van der Waals surface area (Å²) in [7, 11) is 0. The first-order valence-corrected chi connectivity index (χ1v) is 32.8. The van der Waals surface area contributed by atoms with E-state index in [1.165, 1.54) is 201 Å². The maximum Gasteiger partial charge on any atom is 0.259 e. The van der Waals surface area contributed by atoms with E-state index in [0.717, 1.165) is 93.6 Å². The fourth-order valence-electron chi connectivity index (χ4n) is 12.8. The van der Waals surface area contributed by atoms with E-state index in [0.29, 0.717) is 11.8 Å². The molecule has 0 fully saturated rings. The van der Waals surface area contributed by atoms with E-state index in [1.807, 2.05) is 11.3 Å². The van der Waals surface area contributed by atoms with Crippen molar-refractivity contribution in [3.05, 3.63) is 117 Å². The van der Waals surface area contributed by atoms with Gasteiger partial charge in [-0.15, -0.1) is 11.3 Å². The molecule has 4 nitrogen and oxygen atoms in total. The fraction of sp³-hybridized carbons (Fsp3) is 0.583. The maximum atomic E-state index is 15.6. The number of anilines is 2. The van der Waals surface area contributed by atoms with E-state index in [4.69, 9.17) is 0 Å². The molecule has 418 valence electrons. The van der Waals surface area contributed by atoms with Crippen LogP contribution in [0.2, 0.25) is 0 Å². The van der Waals surface area contributed by atoms with Crippen molar-refractivity contribution in [2.45, 2.75) is 247 Å². The van der Waals surface area contributed by atoms with E-state index in [-0.39, 0.29) is 11.8 Å². The molecule has 3 heterocycles. The van der Waals surface area contributed by atoms with Crippen molar-refractivity contribution in [1.29, 1.82) is 0 Å². The van der Waals surface area contributed by atoms with Gasteiger partial charge in [-0.25, -0.2) is 0 Å². The number of fused-ring (bicyclic) bond motifs is 5. The van der Waals surface area contributed by atoms with Crippen LogP contribution in [-0.4, -0.2) is 24.9 Å². The molecule has 0 saturated heterocycles. The summed E-state index contributed by atoms with van der Waals surface area (Å²) >= 11 is 1.82. The van der Waals surface area contributed by atoms with Gasteiger partial charge in [0, 0.05) is 44.1 Å². The Bertz CT molecular complexity index is 2690. The highest BCUT2D eigenvalue weighted by atomic mass is 32.1. The number of rotatable bonds is 39. The number of carbonyl (C=O) groups excluding carboxylic acids is 2. The van der Waals surface area contributed by atoms with E-state index in [1.54, 1.807) is 0 Å². The van der Waals surface area contributed by atoms with Crippen molar-refractivity contribution < 1.29 is 9.59 Å². The van der Waals surface area contributed by atoms with Crippen molar-refractivity contribution in [3.8, 4) is 10.4 Å². The summed E-state index contributed by atoms with van der Waals surface area (Å²) in [6, 6.07) is 30.9. The fourth-order valence-corrected chi connectivity index (χ4v) is 13.7. The van der Waals surface area contributed by atoms with Gasteiger partial charge in [0.25, 0.3) is 11.8 Å². The predicted molar refractivity (Wildman–Crippen MR) is 336 cm³/mol. The van der Waals surface area contributed by atoms with Gasteiger partial charge in [-0.05, 0) is 80.2 Å². The summed E-state index contributed by atoms with van der Waals surface area (Å²) < 4.78 is 0. The molecular weight excluding hydrogens is 957 g/mol. The zero-order valence-electron chi connectivity index (χ0n) is 49.4. The molecule has 0 saturated carbocycles. The van der Waals surface area contributed by atoms with Crippen molar-refractivity contribution in [2.24, 2.45) is 11.8 Å². The molecule has 0 bridgehead atoms. The van der Waals surface area contributed by atoms with Crippen LogP contribution in [0.25, 0.3) is 32.4 Å². The topological polar surface area (TPSA) is 40.6 Å². The van der Waals surface area contributed by atoms with Crippen LogP contribution in [0.5, 0.6) is 0 Å². The number of hydrogen-bond donors (Lipinski definition) is 0. The average Bonchev–Trinajstić information content (AvgIpc) is 4.10. The van der Waals surface area contributed by atoms with Crippen LogP contribution in [0.4, 0.5) is 11.4 Å². The molecule has 4 aromatic carbocycles. The van der Waals surface area contributed by atoms with Gasteiger partial charge in [0.15, 0.2) is 0 Å². The SMILES string of the molecule is CCCCCCCCCCC(CCCCCCCC)CN1C(=O)C(c2ccc(C)cc2)=c2ccc3c4c(ccc3c21)=C(c1ccc(-c2ccc(C)s2)cc1)C(=O)N4CC(CCCCCCCC)CCCCCCCCCC. The van der Waals surface area contributed by atoms with Crippen LogP contribution in [0, 0.1) is 25.7 Å². The van der Waals surface area contributed by atoms with Gasteiger partial charge in [0.2, 0.25) is 0 Å². The molecule has 2 amide bonds. The van der Waals surface area contributed by atoms with Gasteiger partial charge in [0.1, 0.15) is 0 Å². The number of hydrogen-bond acceptors (Lipinski definition) is 3. The second-order valence-corrected chi connectivity index (χ2v) is 25.1. The molecule has 2 aliphatic heterocycles. The zero-order chi connectivity index (χ0) is 54.2. The molecule has 0 N–H and O–H groups in total. The molecule has 5 aromatic rings. The molecule has 0 aliphatic carbocycles. The Balaban J connectivity index is 1.29. The van der Waals surface area contributed by atoms with Gasteiger partial charge in [-0.2, -0.15) is 0 Å². The smallest absolute Gasteiger partial charge is 0.259 e. The van der Waals surface area contributed by atoms with Crippen LogP contribution in [-0.2, 0) is 9.59 Å². The number of carbonyl (C=O) groups is 2. The monoisotopic (exact) mass is 1060 g/mol. The number of nitrogens with zero attached hydrogens (tertiary/aromatic N) is 2. The molecule has 77 heavy (non-hydrogen) atoms. The summed E-state index contributed by atoms with van der Waals surface area (Å²) in [6.45, 7) is 15.0. The van der Waals surface area contributed by atoms with E-state index < -0.39 is 0 Å². The van der Waals surface area contributed by atoms with Crippen LogP contribution in [0.1, 0.15) is 255 Å². The summed E-state index contributed by atoms with van der Waals surface area (Å²) in [4.78, 5) is 38.1.